The van der Waals surface area contributed by atoms with Gasteiger partial charge in [0.05, 0.1) is 16.4 Å². The standard InChI is InChI=1S/C21H23N3O6S2/c1-11-4-6-15(7-5-11)32(28,29)24-9-14(25)8-16(24)21(27)30-10-17-22-19(26)18-12(2)13(3)31-20(18)23-17/h4-7,14,16,25H,8-10H2,1-3H3,(H,22,23,26)/t14-,16+/m0/s1. The second-order valence-corrected chi connectivity index (χ2v) is 11.0. The average molecular weight is 478 g/mol. The van der Waals surface area contributed by atoms with Crippen LogP contribution in [0, 0.1) is 20.8 Å². The zero-order valence-electron chi connectivity index (χ0n) is 17.8. The van der Waals surface area contributed by atoms with Gasteiger partial charge in [0.2, 0.25) is 10.0 Å². The number of β-amino-alcohol motifs (C(OH)–C–C–N with tert-alkyl or cyclic N) is 1. The minimum absolute atomic E-state index is 0.0369. The van der Waals surface area contributed by atoms with Crippen LogP contribution in [-0.2, 0) is 26.2 Å². The summed E-state index contributed by atoms with van der Waals surface area (Å²) in [6.45, 7) is 5.06. The average Bonchev–Trinajstić information content (AvgIpc) is 3.27. The number of rotatable bonds is 5. The summed E-state index contributed by atoms with van der Waals surface area (Å²) < 4.78 is 32.4. The van der Waals surface area contributed by atoms with Gasteiger partial charge in [0.1, 0.15) is 23.3 Å². The molecule has 2 aromatic heterocycles. The third-order valence-corrected chi connectivity index (χ3v) is 8.56. The zero-order chi connectivity index (χ0) is 23.2. The molecule has 0 spiro atoms. The Morgan fingerprint density at radius 2 is 1.97 bits per heavy atom. The number of ether oxygens (including phenoxy) is 1. The number of nitrogens with one attached hydrogen (secondary N) is 1. The Balaban J connectivity index is 1.54. The SMILES string of the molecule is Cc1ccc(S(=O)(=O)N2C[C@@H](O)C[C@@H]2C(=O)OCc2nc3sc(C)c(C)c3c(=O)[nH]2)cc1. The highest BCUT2D eigenvalue weighted by Gasteiger charge is 2.44. The van der Waals surface area contributed by atoms with Crippen LogP contribution in [0.4, 0.5) is 0 Å². The molecule has 1 aliphatic rings. The summed E-state index contributed by atoms with van der Waals surface area (Å²) in [6, 6.07) is 5.09. The summed E-state index contributed by atoms with van der Waals surface area (Å²) >= 11 is 1.38. The molecule has 0 unspecified atom stereocenters. The van der Waals surface area contributed by atoms with Gasteiger partial charge in [-0.1, -0.05) is 17.7 Å². The quantitative estimate of drug-likeness (QED) is 0.536. The van der Waals surface area contributed by atoms with Crippen LogP contribution in [0.2, 0.25) is 0 Å². The lowest BCUT2D eigenvalue weighted by Gasteiger charge is -2.22. The maximum absolute atomic E-state index is 13.1. The number of aromatic amines is 1. The number of aromatic nitrogens is 2. The molecule has 9 nitrogen and oxygen atoms in total. The smallest absolute Gasteiger partial charge is 0.325 e. The van der Waals surface area contributed by atoms with Crippen molar-refractivity contribution in [2.45, 2.75) is 50.8 Å². The molecule has 1 aromatic carbocycles. The lowest BCUT2D eigenvalue weighted by Crippen LogP contribution is -2.41. The molecular weight excluding hydrogens is 454 g/mol. The molecule has 3 heterocycles. The fraction of sp³-hybridized carbons (Fsp3) is 0.381. The summed E-state index contributed by atoms with van der Waals surface area (Å²) in [5, 5.41) is 10.6. The molecular formula is C21H23N3O6S2. The predicted molar refractivity (Wildman–Crippen MR) is 119 cm³/mol. The fourth-order valence-electron chi connectivity index (χ4n) is 3.71. The van der Waals surface area contributed by atoms with Crippen molar-refractivity contribution in [2.75, 3.05) is 6.54 Å². The minimum Gasteiger partial charge on any atom is -0.456 e. The Labute approximate surface area is 188 Å². The third-order valence-electron chi connectivity index (χ3n) is 5.57. The number of sulfonamides is 1. The molecule has 4 rings (SSSR count). The highest BCUT2D eigenvalue weighted by atomic mass is 32.2. The van der Waals surface area contributed by atoms with Gasteiger partial charge in [0.25, 0.3) is 5.56 Å². The Kier molecular flexibility index (Phi) is 5.93. The summed E-state index contributed by atoms with van der Waals surface area (Å²) in [5.41, 5.74) is 1.44. The summed E-state index contributed by atoms with van der Waals surface area (Å²) in [5.74, 6) is -0.637. The van der Waals surface area contributed by atoms with E-state index in [4.69, 9.17) is 4.74 Å². The number of nitrogens with zero attached hydrogens (tertiary/aromatic N) is 2. The molecule has 32 heavy (non-hydrogen) atoms. The molecule has 2 atom stereocenters. The number of aliphatic hydroxyl groups is 1. The van der Waals surface area contributed by atoms with Crippen molar-refractivity contribution in [3.05, 3.63) is 56.4 Å². The second kappa shape index (κ2) is 8.39. The van der Waals surface area contributed by atoms with E-state index < -0.39 is 28.1 Å². The number of hydrogen-bond acceptors (Lipinski definition) is 8. The first kappa shape index (κ1) is 22.6. The van der Waals surface area contributed by atoms with Crippen LogP contribution in [0.1, 0.15) is 28.2 Å². The molecule has 1 fully saturated rings. The van der Waals surface area contributed by atoms with Crippen molar-refractivity contribution < 1.29 is 23.1 Å². The number of aryl methyl sites for hydroxylation is 3. The van der Waals surface area contributed by atoms with Crippen molar-refractivity contribution in [3.63, 3.8) is 0 Å². The van der Waals surface area contributed by atoms with Gasteiger partial charge in [-0.15, -0.1) is 11.3 Å². The fourth-order valence-corrected chi connectivity index (χ4v) is 6.39. The number of esters is 1. The number of H-pyrrole nitrogens is 1. The molecule has 0 saturated carbocycles. The minimum atomic E-state index is -4.00. The third kappa shape index (κ3) is 4.08. The molecule has 1 aliphatic heterocycles. The van der Waals surface area contributed by atoms with Gasteiger partial charge in [-0.25, -0.2) is 13.4 Å². The van der Waals surface area contributed by atoms with E-state index in [1.807, 2.05) is 20.8 Å². The Morgan fingerprint density at radius 1 is 1.28 bits per heavy atom. The van der Waals surface area contributed by atoms with Crippen LogP contribution in [0.3, 0.4) is 0 Å². The number of carbonyl (C=O) groups is 1. The van der Waals surface area contributed by atoms with Crippen LogP contribution in [-0.4, -0.2) is 52.5 Å². The topological polar surface area (TPSA) is 130 Å². The van der Waals surface area contributed by atoms with E-state index in [1.165, 1.54) is 23.5 Å². The zero-order valence-corrected chi connectivity index (χ0v) is 19.4. The molecule has 0 bridgehead atoms. The van der Waals surface area contributed by atoms with E-state index in [0.29, 0.717) is 10.2 Å². The van der Waals surface area contributed by atoms with E-state index >= 15 is 0 Å². The summed E-state index contributed by atoms with van der Waals surface area (Å²) in [7, 11) is -4.00. The first-order chi connectivity index (χ1) is 15.1. The van der Waals surface area contributed by atoms with Gasteiger partial charge in [-0.3, -0.25) is 9.59 Å². The Hall–Kier alpha value is -2.60. The van der Waals surface area contributed by atoms with Crippen LogP contribution in [0.15, 0.2) is 34.0 Å². The van der Waals surface area contributed by atoms with E-state index in [9.17, 15) is 23.1 Å². The van der Waals surface area contributed by atoms with E-state index in [1.54, 1.807) is 12.1 Å². The lowest BCUT2D eigenvalue weighted by molar-refractivity contribution is -0.149. The number of fused-ring (bicyclic) bond motifs is 1. The molecule has 2 N–H and O–H groups in total. The molecule has 3 aromatic rings. The molecule has 1 saturated heterocycles. The maximum atomic E-state index is 13.1. The first-order valence-electron chi connectivity index (χ1n) is 10.00. The van der Waals surface area contributed by atoms with E-state index in [-0.39, 0.29) is 35.9 Å². The highest BCUT2D eigenvalue weighted by molar-refractivity contribution is 7.89. The van der Waals surface area contributed by atoms with Gasteiger partial charge in [-0.2, -0.15) is 4.31 Å². The van der Waals surface area contributed by atoms with Crippen LogP contribution in [0.25, 0.3) is 10.2 Å². The first-order valence-corrected chi connectivity index (χ1v) is 12.3. The van der Waals surface area contributed by atoms with E-state index in [2.05, 4.69) is 9.97 Å². The van der Waals surface area contributed by atoms with Gasteiger partial charge in [0.15, 0.2) is 0 Å². The predicted octanol–water partition coefficient (Wildman–Crippen LogP) is 1.78. The maximum Gasteiger partial charge on any atom is 0.325 e. The Bertz CT molecular complexity index is 1340. The molecule has 11 heteroatoms. The van der Waals surface area contributed by atoms with Crippen LogP contribution < -0.4 is 5.56 Å². The number of thiophene rings is 1. The van der Waals surface area contributed by atoms with Crippen molar-refractivity contribution in [3.8, 4) is 0 Å². The van der Waals surface area contributed by atoms with Gasteiger partial charge in [-0.05, 0) is 38.5 Å². The van der Waals surface area contributed by atoms with Crippen molar-refractivity contribution >= 4 is 37.5 Å². The number of carbonyl (C=O) groups excluding carboxylic acids is 1. The van der Waals surface area contributed by atoms with Crippen molar-refractivity contribution in [2.24, 2.45) is 0 Å². The monoisotopic (exact) mass is 477 g/mol. The normalized spacial score (nSPS) is 19.5. The number of hydrogen-bond donors (Lipinski definition) is 2. The van der Waals surface area contributed by atoms with E-state index in [0.717, 1.165) is 20.3 Å². The van der Waals surface area contributed by atoms with Crippen molar-refractivity contribution in [1.82, 2.24) is 14.3 Å². The number of aliphatic hydroxyl groups excluding tert-OH is 1. The molecule has 0 radical (unpaired) electrons. The number of benzene rings is 1. The molecule has 170 valence electrons. The van der Waals surface area contributed by atoms with Gasteiger partial charge in [0, 0.05) is 17.8 Å². The van der Waals surface area contributed by atoms with Gasteiger partial charge < -0.3 is 14.8 Å². The van der Waals surface area contributed by atoms with Crippen LogP contribution >= 0.6 is 11.3 Å². The van der Waals surface area contributed by atoms with Crippen molar-refractivity contribution in [1.29, 1.82) is 0 Å². The highest BCUT2D eigenvalue weighted by Crippen LogP contribution is 2.28. The largest absolute Gasteiger partial charge is 0.456 e. The van der Waals surface area contributed by atoms with Gasteiger partial charge >= 0.3 is 5.97 Å². The second-order valence-electron chi connectivity index (χ2n) is 7.88. The summed E-state index contributed by atoms with van der Waals surface area (Å²) in [4.78, 5) is 33.7. The molecule has 0 amide bonds. The summed E-state index contributed by atoms with van der Waals surface area (Å²) in [6.07, 6.45) is -1.06. The lowest BCUT2D eigenvalue weighted by atomic mass is 10.2. The van der Waals surface area contributed by atoms with Crippen LogP contribution in [0.5, 0.6) is 0 Å². The molecule has 0 aliphatic carbocycles. The Morgan fingerprint density at radius 3 is 2.66 bits per heavy atom.